The van der Waals surface area contributed by atoms with Crippen LogP contribution < -0.4 is 0 Å². The highest BCUT2D eigenvalue weighted by atomic mass is 32.2. The van der Waals surface area contributed by atoms with Crippen molar-refractivity contribution in [3.8, 4) is 0 Å². The summed E-state index contributed by atoms with van der Waals surface area (Å²) in [5.41, 5.74) is 0.593. The highest BCUT2D eigenvalue weighted by molar-refractivity contribution is 7.89. The van der Waals surface area contributed by atoms with E-state index in [2.05, 4.69) is 11.8 Å². The zero-order valence-electron chi connectivity index (χ0n) is 14.7. The molecule has 23 heavy (non-hydrogen) atoms. The summed E-state index contributed by atoms with van der Waals surface area (Å²) in [5.74, 6) is 0. The fraction of sp³-hybridized carbons (Fsp3) is 0.647. The zero-order valence-corrected chi connectivity index (χ0v) is 15.6. The van der Waals surface area contributed by atoms with Gasteiger partial charge in [0.1, 0.15) is 0 Å². The molecular formula is C17H28N2O3S. The quantitative estimate of drug-likeness (QED) is 0.824. The number of morpholine rings is 1. The van der Waals surface area contributed by atoms with Gasteiger partial charge in [-0.1, -0.05) is 17.7 Å². The van der Waals surface area contributed by atoms with Gasteiger partial charge in [0.05, 0.1) is 17.1 Å². The number of sulfonamides is 1. The number of hydrogen-bond acceptors (Lipinski definition) is 4. The Hall–Kier alpha value is -0.950. The molecule has 0 radical (unpaired) electrons. The van der Waals surface area contributed by atoms with Crippen LogP contribution in [0.25, 0.3) is 0 Å². The molecule has 5 nitrogen and oxygen atoms in total. The molecule has 6 heteroatoms. The fourth-order valence-electron chi connectivity index (χ4n) is 2.89. The van der Waals surface area contributed by atoms with Crippen LogP contribution in [0.2, 0.25) is 0 Å². The lowest BCUT2D eigenvalue weighted by Crippen LogP contribution is -2.54. The van der Waals surface area contributed by atoms with Crippen LogP contribution in [-0.4, -0.2) is 63.1 Å². The van der Waals surface area contributed by atoms with Crippen LogP contribution in [-0.2, 0) is 14.8 Å². The van der Waals surface area contributed by atoms with Crippen LogP contribution in [0.15, 0.2) is 29.2 Å². The predicted octanol–water partition coefficient (Wildman–Crippen LogP) is 2.11. The molecule has 0 aliphatic carbocycles. The summed E-state index contributed by atoms with van der Waals surface area (Å²) >= 11 is 0. The molecule has 0 amide bonds. The van der Waals surface area contributed by atoms with Crippen molar-refractivity contribution in [2.45, 2.75) is 43.7 Å². The maximum absolute atomic E-state index is 12.9. The van der Waals surface area contributed by atoms with Crippen molar-refractivity contribution in [1.29, 1.82) is 0 Å². The Morgan fingerprint density at radius 1 is 1.30 bits per heavy atom. The van der Waals surface area contributed by atoms with Gasteiger partial charge in [-0.3, -0.25) is 0 Å². The normalized spacial score (nSPS) is 24.8. The van der Waals surface area contributed by atoms with E-state index in [1.807, 2.05) is 40.1 Å². The van der Waals surface area contributed by atoms with Gasteiger partial charge in [-0.2, -0.15) is 4.31 Å². The van der Waals surface area contributed by atoms with Crippen LogP contribution in [0.4, 0.5) is 0 Å². The first-order chi connectivity index (χ1) is 10.6. The summed E-state index contributed by atoms with van der Waals surface area (Å²) in [6.07, 6.45) is 0.792. The van der Waals surface area contributed by atoms with Crippen LogP contribution in [0.1, 0.15) is 25.8 Å². The molecule has 1 fully saturated rings. The van der Waals surface area contributed by atoms with Gasteiger partial charge in [-0.05, 0) is 53.4 Å². The van der Waals surface area contributed by atoms with E-state index in [0.29, 0.717) is 30.6 Å². The van der Waals surface area contributed by atoms with Crippen LogP contribution in [0, 0.1) is 6.92 Å². The van der Waals surface area contributed by atoms with E-state index in [1.54, 1.807) is 16.4 Å². The number of hydrogen-bond donors (Lipinski definition) is 0. The molecule has 1 heterocycles. The van der Waals surface area contributed by atoms with Crippen molar-refractivity contribution < 1.29 is 13.2 Å². The van der Waals surface area contributed by atoms with Crippen molar-refractivity contribution in [3.05, 3.63) is 29.8 Å². The maximum atomic E-state index is 12.9. The van der Waals surface area contributed by atoms with Crippen molar-refractivity contribution >= 4 is 10.0 Å². The Bertz CT molecular complexity index is 628. The van der Waals surface area contributed by atoms with Crippen LogP contribution in [0.5, 0.6) is 0 Å². The molecule has 1 aliphatic rings. The van der Waals surface area contributed by atoms with Gasteiger partial charge in [0.25, 0.3) is 0 Å². The number of nitrogens with zero attached hydrogens (tertiary/aromatic N) is 2. The SMILES string of the molecule is Cc1ccc(S(=O)(=O)N2CCO[C@@](C)(CC(C)N(C)C)C2)cc1. The minimum Gasteiger partial charge on any atom is -0.372 e. The van der Waals surface area contributed by atoms with Gasteiger partial charge in [0.15, 0.2) is 0 Å². The van der Waals surface area contributed by atoms with E-state index in [4.69, 9.17) is 4.74 Å². The third-order valence-corrected chi connectivity index (χ3v) is 6.43. The molecule has 130 valence electrons. The van der Waals surface area contributed by atoms with Gasteiger partial charge >= 0.3 is 0 Å². The molecule has 0 spiro atoms. The third kappa shape index (κ3) is 4.32. The smallest absolute Gasteiger partial charge is 0.243 e. The van der Waals surface area contributed by atoms with Gasteiger partial charge in [0, 0.05) is 19.1 Å². The lowest BCUT2D eigenvalue weighted by atomic mass is 9.96. The summed E-state index contributed by atoms with van der Waals surface area (Å²) in [6, 6.07) is 7.35. The average Bonchev–Trinajstić information content (AvgIpc) is 2.47. The molecule has 2 rings (SSSR count). The Balaban J connectivity index is 2.18. The fourth-order valence-corrected chi connectivity index (χ4v) is 4.42. The van der Waals surface area contributed by atoms with E-state index in [0.717, 1.165) is 12.0 Å². The second-order valence-electron chi connectivity index (χ2n) is 6.97. The average molecular weight is 340 g/mol. The Morgan fingerprint density at radius 3 is 2.48 bits per heavy atom. The summed E-state index contributed by atoms with van der Waals surface area (Å²) < 4.78 is 33.2. The van der Waals surface area contributed by atoms with Crippen LogP contribution >= 0.6 is 0 Å². The topological polar surface area (TPSA) is 49.9 Å². The van der Waals surface area contributed by atoms with Gasteiger partial charge in [-0.15, -0.1) is 0 Å². The van der Waals surface area contributed by atoms with E-state index in [9.17, 15) is 8.42 Å². The largest absolute Gasteiger partial charge is 0.372 e. The third-order valence-electron chi connectivity index (χ3n) is 4.57. The Labute approximate surface area is 140 Å². The molecule has 2 atom stereocenters. The Kier molecular flexibility index (Phi) is 5.51. The Morgan fingerprint density at radius 2 is 1.91 bits per heavy atom. The van der Waals surface area contributed by atoms with Gasteiger partial charge in [0.2, 0.25) is 10.0 Å². The summed E-state index contributed by atoms with van der Waals surface area (Å²) in [6.45, 7) is 7.31. The number of aryl methyl sites for hydroxylation is 1. The molecule has 1 aromatic carbocycles. The van der Waals surface area contributed by atoms with Crippen molar-refractivity contribution in [2.75, 3.05) is 33.8 Å². The summed E-state index contributed by atoms with van der Waals surface area (Å²) in [4.78, 5) is 2.48. The van der Waals surface area contributed by atoms with Crippen molar-refractivity contribution in [2.24, 2.45) is 0 Å². The van der Waals surface area contributed by atoms with E-state index in [1.165, 1.54) is 0 Å². The second-order valence-corrected chi connectivity index (χ2v) is 8.90. The minimum absolute atomic E-state index is 0.321. The molecule has 1 unspecified atom stereocenters. The lowest BCUT2D eigenvalue weighted by molar-refractivity contribution is -0.0902. The predicted molar refractivity (Wildman–Crippen MR) is 92.1 cm³/mol. The molecule has 0 saturated carbocycles. The number of ether oxygens (including phenoxy) is 1. The number of rotatable bonds is 5. The monoisotopic (exact) mass is 340 g/mol. The van der Waals surface area contributed by atoms with Gasteiger partial charge < -0.3 is 9.64 Å². The zero-order chi connectivity index (χ0) is 17.3. The molecule has 0 N–H and O–H groups in total. The van der Waals surface area contributed by atoms with E-state index in [-0.39, 0.29) is 0 Å². The standard InChI is InChI=1S/C17H28N2O3S/c1-14-6-8-16(9-7-14)23(20,21)19-10-11-22-17(3,13-19)12-15(2)18(4)5/h6-9,15H,10-13H2,1-5H3/t15?,17-/m0/s1. The molecule has 1 aromatic rings. The first-order valence-corrected chi connectivity index (χ1v) is 9.45. The van der Waals surface area contributed by atoms with Gasteiger partial charge in [-0.25, -0.2) is 8.42 Å². The van der Waals surface area contributed by atoms with E-state index < -0.39 is 15.6 Å². The molecule has 1 aliphatic heterocycles. The first kappa shape index (κ1) is 18.4. The number of benzene rings is 1. The molecule has 0 aromatic heterocycles. The molecule has 0 bridgehead atoms. The van der Waals surface area contributed by atoms with Crippen molar-refractivity contribution in [1.82, 2.24) is 9.21 Å². The highest BCUT2D eigenvalue weighted by Crippen LogP contribution is 2.28. The van der Waals surface area contributed by atoms with E-state index >= 15 is 0 Å². The maximum Gasteiger partial charge on any atom is 0.243 e. The summed E-state index contributed by atoms with van der Waals surface area (Å²) in [7, 11) is 0.585. The summed E-state index contributed by atoms with van der Waals surface area (Å²) in [5, 5.41) is 0. The highest BCUT2D eigenvalue weighted by Gasteiger charge is 2.39. The second kappa shape index (κ2) is 6.89. The molecular weight excluding hydrogens is 312 g/mol. The first-order valence-electron chi connectivity index (χ1n) is 8.01. The van der Waals surface area contributed by atoms with Crippen LogP contribution in [0.3, 0.4) is 0 Å². The van der Waals surface area contributed by atoms with Crippen molar-refractivity contribution in [3.63, 3.8) is 0 Å². The lowest BCUT2D eigenvalue weighted by Gasteiger charge is -2.42. The minimum atomic E-state index is -3.47. The molecule has 1 saturated heterocycles.